The minimum Gasteiger partial charge on any atom is -0.481 e. The SMILES string of the molecule is CC1CN(C(=O)[C@H]2C3C=CC(C3)[C@H]2C(=O)O)CC(C)O1. The molecule has 2 bridgehead atoms. The van der Waals surface area contributed by atoms with Crippen LogP contribution in [0.5, 0.6) is 0 Å². The van der Waals surface area contributed by atoms with E-state index in [1.165, 1.54) is 0 Å². The molecule has 0 radical (unpaired) electrons. The van der Waals surface area contributed by atoms with Gasteiger partial charge in [-0.25, -0.2) is 0 Å². The average Bonchev–Trinajstić information content (AvgIpc) is 2.96. The summed E-state index contributed by atoms with van der Waals surface area (Å²) in [6, 6.07) is 0. The lowest BCUT2D eigenvalue weighted by Crippen LogP contribution is -2.52. The van der Waals surface area contributed by atoms with E-state index >= 15 is 0 Å². The second kappa shape index (κ2) is 4.88. The van der Waals surface area contributed by atoms with E-state index in [4.69, 9.17) is 4.74 Å². The third-order valence-electron chi connectivity index (χ3n) is 4.76. The van der Waals surface area contributed by atoms with Gasteiger partial charge in [-0.15, -0.1) is 0 Å². The second-order valence-electron chi connectivity index (χ2n) is 6.34. The monoisotopic (exact) mass is 279 g/mol. The molecule has 1 aliphatic heterocycles. The lowest BCUT2D eigenvalue weighted by molar-refractivity contribution is -0.156. The number of morpholine rings is 1. The maximum atomic E-state index is 12.8. The van der Waals surface area contributed by atoms with E-state index in [1.807, 2.05) is 26.0 Å². The molecule has 2 fully saturated rings. The Morgan fingerprint density at radius 3 is 2.20 bits per heavy atom. The number of amides is 1. The van der Waals surface area contributed by atoms with Crippen LogP contribution in [0.4, 0.5) is 0 Å². The van der Waals surface area contributed by atoms with E-state index in [1.54, 1.807) is 4.90 Å². The molecule has 0 aromatic carbocycles. The van der Waals surface area contributed by atoms with E-state index < -0.39 is 11.9 Å². The average molecular weight is 279 g/mol. The molecule has 1 N–H and O–H groups in total. The van der Waals surface area contributed by atoms with Crippen LogP contribution in [-0.2, 0) is 14.3 Å². The van der Waals surface area contributed by atoms with Gasteiger partial charge in [0.05, 0.1) is 24.0 Å². The van der Waals surface area contributed by atoms with E-state index in [0.717, 1.165) is 6.42 Å². The Bertz CT molecular complexity index is 451. The number of carboxylic acid groups (broad SMARTS) is 1. The summed E-state index contributed by atoms with van der Waals surface area (Å²) in [6.07, 6.45) is 4.83. The predicted octanol–water partition coefficient (Wildman–Crippen LogP) is 1.15. The van der Waals surface area contributed by atoms with E-state index in [2.05, 4.69) is 0 Å². The van der Waals surface area contributed by atoms with Gasteiger partial charge in [-0.05, 0) is 32.1 Å². The number of nitrogens with zero attached hydrogens (tertiary/aromatic N) is 1. The Morgan fingerprint density at radius 2 is 1.65 bits per heavy atom. The van der Waals surface area contributed by atoms with Gasteiger partial charge in [0.25, 0.3) is 0 Å². The van der Waals surface area contributed by atoms with Gasteiger partial charge in [-0.3, -0.25) is 9.59 Å². The molecule has 3 rings (SSSR count). The van der Waals surface area contributed by atoms with Crippen molar-refractivity contribution in [2.24, 2.45) is 23.7 Å². The Balaban J connectivity index is 1.79. The first kappa shape index (κ1) is 13.6. The molecule has 1 saturated carbocycles. The highest BCUT2D eigenvalue weighted by Gasteiger charge is 2.52. The molecule has 110 valence electrons. The van der Waals surface area contributed by atoms with Crippen molar-refractivity contribution in [2.45, 2.75) is 32.5 Å². The molecule has 0 spiro atoms. The summed E-state index contributed by atoms with van der Waals surface area (Å²) in [4.78, 5) is 26.1. The molecule has 5 heteroatoms. The van der Waals surface area contributed by atoms with Crippen LogP contribution in [0.1, 0.15) is 20.3 Å². The van der Waals surface area contributed by atoms with Crippen molar-refractivity contribution >= 4 is 11.9 Å². The van der Waals surface area contributed by atoms with Crippen molar-refractivity contribution in [3.63, 3.8) is 0 Å². The molecule has 6 atom stereocenters. The molecule has 3 aliphatic rings. The van der Waals surface area contributed by atoms with Gasteiger partial charge in [0.1, 0.15) is 0 Å². The van der Waals surface area contributed by atoms with Gasteiger partial charge in [-0.1, -0.05) is 12.2 Å². The maximum Gasteiger partial charge on any atom is 0.307 e. The minimum absolute atomic E-state index is 0.00347. The zero-order valence-electron chi connectivity index (χ0n) is 11.9. The fourth-order valence-electron chi connectivity index (χ4n) is 4.06. The number of rotatable bonds is 2. The summed E-state index contributed by atoms with van der Waals surface area (Å²) in [5, 5.41) is 9.43. The number of ether oxygens (including phenoxy) is 1. The van der Waals surface area contributed by atoms with Gasteiger partial charge in [0.15, 0.2) is 0 Å². The molecule has 1 amide bonds. The lowest BCUT2D eigenvalue weighted by atomic mass is 9.82. The van der Waals surface area contributed by atoms with Crippen molar-refractivity contribution < 1.29 is 19.4 Å². The van der Waals surface area contributed by atoms with Crippen LogP contribution >= 0.6 is 0 Å². The van der Waals surface area contributed by atoms with Gasteiger partial charge >= 0.3 is 5.97 Å². The van der Waals surface area contributed by atoms with Crippen molar-refractivity contribution in [3.05, 3.63) is 12.2 Å². The molecular weight excluding hydrogens is 258 g/mol. The first-order valence-corrected chi connectivity index (χ1v) is 7.32. The highest BCUT2D eigenvalue weighted by Crippen LogP contribution is 2.48. The molecule has 20 heavy (non-hydrogen) atoms. The van der Waals surface area contributed by atoms with Crippen molar-refractivity contribution in [2.75, 3.05) is 13.1 Å². The van der Waals surface area contributed by atoms with Crippen LogP contribution in [0.15, 0.2) is 12.2 Å². The van der Waals surface area contributed by atoms with Crippen LogP contribution < -0.4 is 0 Å². The first-order valence-electron chi connectivity index (χ1n) is 7.32. The minimum atomic E-state index is -0.838. The Hall–Kier alpha value is -1.36. The summed E-state index contributed by atoms with van der Waals surface area (Å²) in [5.74, 6) is -1.65. The van der Waals surface area contributed by atoms with Crippen LogP contribution in [0, 0.1) is 23.7 Å². The Morgan fingerprint density at radius 1 is 1.10 bits per heavy atom. The van der Waals surface area contributed by atoms with Crippen LogP contribution in [0.2, 0.25) is 0 Å². The first-order chi connectivity index (χ1) is 9.47. The molecule has 2 aliphatic carbocycles. The number of carbonyl (C=O) groups is 2. The van der Waals surface area contributed by atoms with Gasteiger partial charge < -0.3 is 14.7 Å². The lowest BCUT2D eigenvalue weighted by Gasteiger charge is -2.38. The maximum absolute atomic E-state index is 12.8. The molecule has 5 nitrogen and oxygen atoms in total. The fourth-order valence-corrected chi connectivity index (χ4v) is 4.06. The molecule has 1 saturated heterocycles. The fraction of sp³-hybridized carbons (Fsp3) is 0.733. The zero-order chi connectivity index (χ0) is 14.4. The Kier molecular flexibility index (Phi) is 3.32. The third kappa shape index (κ3) is 2.14. The number of allylic oxidation sites excluding steroid dienone is 2. The third-order valence-corrected chi connectivity index (χ3v) is 4.76. The summed E-state index contributed by atoms with van der Waals surface area (Å²) in [7, 11) is 0. The van der Waals surface area contributed by atoms with Crippen molar-refractivity contribution in [1.82, 2.24) is 4.90 Å². The van der Waals surface area contributed by atoms with Crippen molar-refractivity contribution in [1.29, 1.82) is 0 Å². The number of carboxylic acids is 1. The number of fused-ring (bicyclic) bond motifs is 2. The molecule has 0 aromatic rings. The van der Waals surface area contributed by atoms with Crippen LogP contribution in [0.3, 0.4) is 0 Å². The summed E-state index contributed by atoms with van der Waals surface area (Å²) < 4.78 is 5.64. The van der Waals surface area contributed by atoms with Gasteiger partial charge in [-0.2, -0.15) is 0 Å². The van der Waals surface area contributed by atoms with E-state index in [9.17, 15) is 14.7 Å². The quantitative estimate of drug-likeness (QED) is 0.770. The Labute approximate surface area is 118 Å². The van der Waals surface area contributed by atoms with Crippen molar-refractivity contribution in [3.8, 4) is 0 Å². The molecule has 1 heterocycles. The molecule has 4 unspecified atom stereocenters. The number of hydrogen-bond donors (Lipinski definition) is 1. The smallest absolute Gasteiger partial charge is 0.307 e. The van der Waals surface area contributed by atoms with Crippen LogP contribution in [-0.4, -0.2) is 47.2 Å². The van der Waals surface area contributed by atoms with E-state index in [-0.39, 0.29) is 35.9 Å². The highest BCUT2D eigenvalue weighted by atomic mass is 16.5. The van der Waals surface area contributed by atoms with E-state index in [0.29, 0.717) is 13.1 Å². The normalized spacial score (nSPS) is 43.0. The largest absolute Gasteiger partial charge is 0.481 e. The number of carbonyl (C=O) groups excluding carboxylic acids is 1. The summed E-state index contributed by atoms with van der Waals surface area (Å²) in [5.41, 5.74) is 0. The number of aliphatic carboxylic acids is 1. The standard InChI is InChI=1S/C15H21NO4/c1-8-6-16(7-9(2)20-8)14(17)12-10-3-4-11(5-10)13(12)15(18)19/h3-4,8-13H,5-7H2,1-2H3,(H,18,19)/t8?,9?,10?,11?,12-,13+/m0/s1. The number of hydrogen-bond acceptors (Lipinski definition) is 3. The molecular formula is C15H21NO4. The topological polar surface area (TPSA) is 66.8 Å². The van der Waals surface area contributed by atoms with Gasteiger partial charge in [0, 0.05) is 13.1 Å². The van der Waals surface area contributed by atoms with Gasteiger partial charge in [0.2, 0.25) is 5.91 Å². The summed E-state index contributed by atoms with van der Waals surface area (Å²) >= 11 is 0. The van der Waals surface area contributed by atoms with Crippen LogP contribution in [0.25, 0.3) is 0 Å². The predicted molar refractivity (Wildman–Crippen MR) is 71.9 cm³/mol. The molecule has 0 aromatic heterocycles. The zero-order valence-corrected chi connectivity index (χ0v) is 11.9. The summed E-state index contributed by atoms with van der Waals surface area (Å²) in [6.45, 7) is 5.02. The second-order valence-corrected chi connectivity index (χ2v) is 6.34. The highest BCUT2D eigenvalue weighted by molar-refractivity contribution is 5.87.